The maximum Gasteiger partial charge on any atom is 0.407 e. The minimum absolute atomic E-state index is 0. The van der Waals surface area contributed by atoms with E-state index in [2.05, 4.69) is 5.32 Å². The molecule has 0 aromatic heterocycles. The van der Waals surface area contributed by atoms with Crippen LogP contribution in [0.25, 0.3) is 0 Å². The lowest BCUT2D eigenvalue weighted by Gasteiger charge is -2.21. The van der Waals surface area contributed by atoms with Gasteiger partial charge in [-0.1, -0.05) is 12.5 Å². The predicted octanol–water partition coefficient (Wildman–Crippen LogP) is 3.12. The summed E-state index contributed by atoms with van der Waals surface area (Å²) in [5.41, 5.74) is 0.846. The topological polar surface area (TPSA) is 78.8 Å². The number of amides is 1. The molecule has 1 saturated carbocycles. The molecule has 118 valence electrons. The van der Waals surface area contributed by atoms with E-state index in [-0.39, 0.29) is 36.1 Å². The zero-order valence-electron chi connectivity index (χ0n) is 11.9. The Bertz CT molecular complexity index is 461. The van der Waals surface area contributed by atoms with Crippen LogP contribution < -0.4 is 5.32 Å². The third-order valence-electron chi connectivity index (χ3n) is 3.55. The van der Waals surface area contributed by atoms with Crippen molar-refractivity contribution in [2.24, 2.45) is 0 Å². The van der Waals surface area contributed by atoms with Crippen LogP contribution in [0.3, 0.4) is 0 Å². The Morgan fingerprint density at radius 2 is 1.90 bits per heavy atom. The number of carbonyl (C=O) groups excluding carboxylic acids is 1. The summed E-state index contributed by atoms with van der Waals surface area (Å²) in [7, 11) is 0. The monoisotopic (exact) mass is 315 g/mol. The van der Waals surface area contributed by atoms with Crippen LogP contribution in [-0.4, -0.2) is 29.0 Å². The number of hydrogen-bond acceptors (Lipinski definition) is 4. The number of aromatic hydroxyl groups is 2. The molecule has 1 aliphatic carbocycles. The molecule has 1 aromatic carbocycles. The minimum atomic E-state index is -0.375. The fraction of sp³-hybridized carbons (Fsp3) is 0.533. The van der Waals surface area contributed by atoms with E-state index in [9.17, 15) is 15.0 Å². The van der Waals surface area contributed by atoms with Gasteiger partial charge in [-0.15, -0.1) is 12.4 Å². The highest BCUT2D eigenvalue weighted by Crippen LogP contribution is 2.25. The van der Waals surface area contributed by atoms with Crippen LogP contribution in [-0.2, 0) is 11.2 Å². The Labute approximate surface area is 130 Å². The second-order valence-electron chi connectivity index (χ2n) is 5.17. The third kappa shape index (κ3) is 5.71. The summed E-state index contributed by atoms with van der Waals surface area (Å²) in [5.74, 6) is -0.286. The van der Waals surface area contributed by atoms with Crippen LogP contribution >= 0.6 is 12.4 Å². The highest BCUT2D eigenvalue weighted by Gasteiger charge is 2.17. The Hall–Kier alpha value is -1.62. The summed E-state index contributed by atoms with van der Waals surface area (Å²) in [6.45, 7) is 0.440. The normalized spacial score (nSPS) is 15.0. The number of hydrogen-bond donors (Lipinski definition) is 3. The SMILES string of the molecule is Cl.O=C(NCCc1ccc(O)c(O)c1)OC1CCCCC1. The van der Waals surface area contributed by atoms with E-state index in [1.54, 1.807) is 6.07 Å². The van der Waals surface area contributed by atoms with Gasteiger partial charge in [0.1, 0.15) is 6.10 Å². The van der Waals surface area contributed by atoms with Crippen molar-refractivity contribution in [3.63, 3.8) is 0 Å². The van der Waals surface area contributed by atoms with Crippen molar-refractivity contribution in [3.05, 3.63) is 23.8 Å². The molecule has 21 heavy (non-hydrogen) atoms. The van der Waals surface area contributed by atoms with Crippen molar-refractivity contribution < 1.29 is 19.7 Å². The van der Waals surface area contributed by atoms with E-state index in [1.165, 1.54) is 18.6 Å². The molecule has 0 heterocycles. The van der Waals surface area contributed by atoms with Crippen LogP contribution in [0, 0.1) is 0 Å². The van der Waals surface area contributed by atoms with Gasteiger partial charge in [-0.3, -0.25) is 0 Å². The molecule has 0 unspecified atom stereocenters. The molecule has 5 nitrogen and oxygen atoms in total. The molecule has 6 heteroatoms. The highest BCUT2D eigenvalue weighted by atomic mass is 35.5. The van der Waals surface area contributed by atoms with E-state index < -0.39 is 0 Å². The first-order chi connectivity index (χ1) is 9.65. The molecular weight excluding hydrogens is 294 g/mol. The van der Waals surface area contributed by atoms with Gasteiger partial charge in [0.25, 0.3) is 0 Å². The molecule has 3 N–H and O–H groups in total. The zero-order chi connectivity index (χ0) is 14.4. The molecule has 0 saturated heterocycles. The van der Waals surface area contributed by atoms with Crippen LogP contribution in [0.1, 0.15) is 37.7 Å². The third-order valence-corrected chi connectivity index (χ3v) is 3.55. The average molecular weight is 316 g/mol. The molecule has 0 aliphatic heterocycles. The quantitative estimate of drug-likeness (QED) is 0.746. The maximum absolute atomic E-state index is 11.6. The summed E-state index contributed by atoms with van der Waals surface area (Å²) in [6, 6.07) is 4.64. The highest BCUT2D eigenvalue weighted by molar-refractivity contribution is 5.85. The van der Waals surface area contributed by atoms with Crippen LogP contribution in [0.4, 0.5) is 4.79 Å². The second-order valence-corrected chi connectivity index (χ2v) is 5.17. The van der Waals surface area contributed by atoms with Gasteiger partial charge in [0.05, 0.1) is 0 Å². The predicted molar refractivity (Wildman–Crippen MR) is 82.1 cm³/mol. The lowest BCUT2D eigenvalue weighted by atomic mass is 9.98. The first-order valence-corrected chi connectivity index (χ1v) is 7.10. The molecule has 0 bridgehead atoms. The first-order valence-electron chi connectivity index (χ1n) is 7.10. The van der Waals surface area contributed by atoms with Gasteiger partial charge in [-0.2, -0.15) is 0 Å². The molecule has 0 spiro atoms. The molecule has 2 rings (SSSR count). The number of phenolic OH excluding ortho intramolecular Hbond substituents is 2. The van der Waals surface area contributed by atoms with Crippen molar-refractivity contribution >= 4 is 18.5 Å². The molecular formula is C15H22ClNO4. The van der Waals surface area contributed by atoms with Crippen molar-refractivity contribution in [3.8, 4) is 11.5 Å². The smallest absolute Gasteiger partial charge is 0.407 e. The van der Waals surface area contributed by atoms with Gasteiger partial charge in [-0.25, -0.2) is 4.79 Å². The number of nitrogens with one attached hydrogen (secondary N) is 1. The van der Waals surface area contributed by atoms with Crippen molar-refractivity contribution in [1.82, 2.24) is 5.32 Å². The maximum atomic E-state index is 11.6. The summed E-state index contributed by atoms with van der Waals surface area (Å²) >= 11 is 0. The number of phenols is 2. The van der Waals surface area contributed by atoms with Crippen molar-refractivity contribution in [2.75, 3.05) is 6.54 Å². The minimum Gasteiger partial charge on any atom is -0.504 e. The average Bonchev–Trinajstić information content (AvgIpc) is 2.44. The molecule has 1 amide bonds. The first kappa shape index (κ1) is 17.4. The van der Waals surface area contributed by atoms with Crippen LogP contribution in [0.15, 0.2) is 18.2 Å². The van der Waals surface area contributed by atoms with E-state index >= 15 is 0 Å². The van der Waals surface area contributed by atoms with Gasteiger partial charge in [-0.05, 0) is 49.8 Å². The summed E-state index contributed by atoms with van der Waals surface area (Å²) in [4.78, 5) is 11.6. The number of rotatable bonds is 4. The van der Waals surface area contributed by atoms with Gasteiger partial charge < -0.3 is 20.3 Å². The number of ether oxygens (including phenoxy) is 1. The largest absolute Gasteiger partial charge is 0.504 e. The van der Waals surface area contributed by atoms with E-state index in [4.69, 9.17) is 4.74 Å². The van der Waals surface area contributed by atoms with Crippen LogP contribution in [0.2, 0.25) is 0 Å². The Kier molecular flexibility index (Phi) is 7.15. The Balaban J connectivity index is 0.00000220. The van der Waals surface area contributed by atoms with Crippen molar-refractivity contribution in [1.29, 1.82) is 0 Å². The van der Waals surface area contributed by atoms with Gasteiger partial charge >= 0.3 is 6.09 Å². The number of halogens is 1. The lowest BCUT2D eigenvalue weighted by Crippen LogP contribution is -2.31. The van der Waals surface area contributed by atoms with E-state index in [0.717, 1.165) is 31.2 Å². The number of benzene rings is 1. The number of alkyl carbamates (subject to hydrolysis) is 1. The molecule has 0 atom stereocenters. The number of carbonyl (C=O) groups is 1. The van der Waals surface area contributed by atoms with Gasteiger partial charge in [0, 0.05) is 6.54 Å². The summed E-state index contributed by atoms with van der Waals surface area (Å²) in [6.07, 6.45) is 5.66. The Morgan fingerprint density at radius 1 is 1.19 bits per heavy atom. The van der Waals surface area contributed by atoms with Gasteiger partial charge in [0.2, 0.25) is 0 Å². The summed E-state index contributed by atoms with van der Waals surface area (Å²) in [5, 5.41) is 21.3. The fourth-order valence-corrected chi connectivity index (χ4v) is 2.41. The van der Waals surface area contributed by atoms with Crippen molar-refractivity contribution in [2.45, 2.75) is 44.6 Å². The Morgan fingerprint density at radius 3 is 2.57 bits per heavy atom. The molecule has 0 radical (unpaired) electrons. The van der Waals surface area contributed by atoms with Crippen LogP contribution in [0.5, 0.6) is 11.5 Å². The lowest BCUT2D eigenvalue weighted by molar-refractivity contribution is 0.0755. The zero-order valence-corrected chi connectivity index (χ0v) is 12.7. The summed E-state index contributed by atoms with van der Waals surface area (Å²) < 4.78 is 5.33. The van der Waals surface area contributed by atoms with E-state index in [1.807, 2.05) is 0 Å². The van der Waals surface area contributed by atoms with E-state index in [0.29, 0.717) is 13.0 Å². The molecule has 1 aliphatic rings. The second kappa shape index (κ2) is 8.62. The fourth-order valence-electron chi connectivity index (χ4n) is 2.41. The molecule has 1 aromatic rings. The van der Waals surface area contributed by atoms with Gasteiger partial charge in [0.15, 0.2) is 11.5 Å². The standard InChI is InChI=1S/C15H21NO4.ClH/c17-13-7-6-11(10-14(13)18)8-9-16-15(19)20-12-4-2-1-3-5-12;/h6-7,10,12,17-18H,1-5,8-9H2,(H,16,19);1H. The molecule has 1 fully saturated rings.